The van der Waals surface area contributed by atoms with Gasteiger partial charge in [0.2, 0.25) is 5.91 Å². The van der Waals surface area contributed by atoms with Crippen LogP contribution < -0.4 is 0 Å². The number of hydrogen-bond donors (Lipinski definition) is 0. The number of allylic oxidation sites excluding steroid dienone is 2. The van der Waals surface area contributed by atoms with Crippen molar-refractivity contribution in [1.82, 2.24) is 4.90 Å². The van der Waals surface area contributed by atoms with Gasteiger partial charge in [-0.1, -0.05) is 114 Å². The fourth-order valence-corrected chi connectivity index (χ4v) is 15.2. The van der Waals surface area contributed by atoms with E-state index in [2.05, 4.69) is 58.4 Å². The number of likely N-dealkylation sites (tertiary alicyclic amines) is 1. The second-order valence-electron chi connectivity index (χ2n) is 20.1. The maximum atomic E-state index is 13.0. The fraction of sp³-hybridized carbons (Fsp3) is 0.878. The van der Waals surface area contributed by atoms with E-state index in [0.29, 0.717) is 60.5 Å². The van der Waals surface area contributed by atoms with Crippen LogP contribution in [0.1, 0.15) is 196 Å². The SMILES string of the molecule is CCC(=O)CCC(=O)O[C@@H]1C[C@@H](CC)N(C(=O)CCCCCCC(=O)CCSS[C@H]2CC[C@@]3(C)C(=CCC4C3CC[C@@]3(C)C4CC[C@@H]3[C@H](C)CCCC(C)C)C2)C1. The summed E-state index contributed by atoms with van der Waals surface area (Å²) in [6.45, 7) is 17.0. The van der Waals surface area contributed by atoms with Gasteiger partial charge in [0.1, 0.15) is 17.7 Å². The fourth-order valence-electron chi connectivity index (χ4n) is 12.6. The van der Waals surface area contributed by atoms with Gasteiger partial charge >= 0.3 is 5.97 Å². The van der Waals surface area contributed by atoms with Crippen LogP contribution in [0, 0.1) is 46.3 Å². The minimum atomic E-state index is -0.342. The first-order valence-corrected chi connectivity index (χ1v) is 26.2. The lowest BCUT2D eigenvalue weighted by atomic mass is 9.47. The lowest BCUT2D eigenvalue weighted by molar-refractivity contribution is -0.150. The summed E-state index contributed by atoms with van der Waals surface area (Å²) in [5, 5.41) is 0.677. The summed E-state index contributed by atoms with van der Waals surface area (Å²) in [5.41, 5.74) is 2.73. The van der Waals surface area contributed by atoms with Gasteiger partial charge in [-0.25, -0.2) is 0 Å². The molecule has 0 spiro atoms. The summed E-state index contributed by atoms with van der Waals surface area (Å²) < 4.78 is 5.61. The highest BCUT2D eigenvalue weighted by Gasteiger charge is 2.59. The second kappa shape index (κ2) is 22.0. The zero-order chi connectivity index (χ0) is 41.2. The van der Waals surface area contributed by atoms with Crippen LogP contribution in [-0.4, -0.2) is 58.0 Å². The number of esters is 1. The molecule has 0 aromatic rings. The average molecular weight is 828 g/mol. The second-order valence-corrected chi connectivity index (χ2v) is 22.9. The van der Waals surface area contributed by atoms with E-state index in [-0.39, 0.29) is 42.6 Å². The Morgan fingerprint density at radius 2 is 1.61 bits per heavy atom. The standard InChI is InChI=1S/C49H81NO5S2/c1-8-37-32-40(55-47(54)24-20-38(51)9-2)33-50(37)46(53)18-13-11-10-12-17-39(52)27-30-56-57-41-25-28-48(6)36(31-41)19-21-42-44-23-22-43(35(5)16-14-15-34(3)4)49(44,7)29-26-45(42)48/h19,34-35,37,40-45H,8-18,20-33H2,1-7H3/t35-,37-,40-,41+,42?,43-,44?,45?,48+,49-/m1/s1. The van der Waals surface area contributed by atoms with Gasteiger partial charge in [0.15, 0.2) is 0 Å². The highest BCUT2D eigenvalue weighted by Crippen LogP contribution is 2.67. The third-order valence-corrected chi connectivity index (χ3v) is 18.9. The molecular formula is C49H81NO5S2. The topological polar surface area (TPSA) is 80.8 Å². The van der Waals surface area contributed by atoms with Gasteiger partial charge in [-0.15, -0.1) is 0 Å². The van der Waals surface area contributed by atoms with Crippen molar-refractivity contribution in [3.8, 4) is 0 Å². The molecule has 0 radical (unpaired) electrons. The van der Waals surface area contributed by atoms with Gasteiger partial charge in [0.05, 0.1) is 13.0 Å². The smallest absolute Gasteiger partial charge is 0.306 e. The summed E-state index contributed by atoms with van der Waals surface area (Å²) in [6, 6.07) is 0.100. The molecule has 1 aliphatic heterocycles. The van der Waals surface area contributed by atoms with Gasteiger partial charge < -0.3 is 9.64 Å². The van der Waals surface area contributed by atoms with Gasteiger partial charge in [0.25, 0.3) is 0 Å². The number of unbranched alkanes of at least 4 members (excludes halogenated alkanes) is 3. The van der Waals surface area contributed by atoms with E-state index in [1.54, 1.807) is 12.5 Å². The van der Waals surface area contributed by atoms with E-state index in [1.165, 1.54) is 70.6 Å². The minimum absolute atomic E-state index is 0.0663. The Bertz CT molecular complexity index is 1380. The van der Waals surface area contributed by atoms with Crippen LogP contribution >= 0.6 is 21.6 Å². The highest BCUT2D eigenvalue weighted by atomic mass is 33.1. The maximum absolute atomic E-state index is 13.0. The Kier molecular flexibility index (Phi) is 18.1. The molecule has 4 fully saturated rings. The number of nitrogens with zero attached hydrogens (tertiary/aromatic N) is 1. The van der Waals surface area contributed by atoms with E-state index in [1.807, 2.05) is 15.7 Å². The minimum Gasteiger partial charge on any atom is -0.460 e. The zero-order valence-electron chi connectivity index (χ0n) is 37.3. The van der Waals surface area contributed by atoms with Crippen molar-refractivity contribution in [3.63, 3.8) is 0 Å². The molecule has 0 N–H and O–H groups in total. The van der Waals surface area contributed by atoms with Crippen molar-refractivity contribution in [3.05, 3.63) is 11.6 Å². The molecule has 10 atom stereocenters. The number of fused-ring (bicyclic) bond motifs is 5. The normalized spacial score (nSPS) is 32.7. The maximum Gasteiger partial charge on any atom is 0.306 e. The van der Waals surface area contributed by atoms with E-state index in [0.717, 1.165) is 73.4 Å². The van der Waals surface area contributed by atoms with Crippen LogP contribution in [0.2, 0.25) is 0 Å². The third-order valence-electron chi connectivity index (χ3n) is 16.0. The molecule has 6 nitrogen and oxygen atoms in total. The van der Waals surface area contributed by atoms with Crippen LogP contribution in [0.3, 0.4) is 0 Å². The molecule has 8 heteroatoms. The van der Waals surface area contributed by atoms with Gasteiger partial charge in [-0.3, -0.25) is 19.2 Å². The van der Waals surface area contributed by atoms with Crippen LogP contribution in [0.25, 0.3) is 0 Å². The van der Waals surface area contributed by atoms with E-state index >= 15 is 0 Å². The predicted octanol–water partition coefficient (Wildman–Crippen LogP) is 12.8. The molecule has 4 aliphatic carbocycles. The Labute approximate surface area is 356 Å². The first kappa shape index (κ1) is 46.8. The van der Waals surface area contributed by atoms with Gasteiger partial charge in [-0.05, 0) is 117 Å². The number of Topliss-reactive ketones (excluding diaryl/α,β-unsaturated/α-hetero) is 2. The number of carbonyl (C=O) groups is 4. The van der Waals surface area contributed by atoms with E-state index < -0.39 is 0 Å². The predicted molar refractivity (Wildman–Crippen MR) is 239 cm³/mol. The largest absolute Gasteiger partial charge is 0.460 e. The van der Waals surface area contributed by atoms with Crippen molar-refractivity contribution < 1.29 is 23.9 Å². The molecule has 3 unspecified atom stereocenters. The molecule has 324 valence electrons. The first-order valence-electron chi connectivity index (χ1n) is 23.8. The summed E-state index contributed by atoms with van der Waals surface area (Å²) in [6.07, 6.45) is 25.5. The summed E-state index contributed by atoms with van der Waals surface area (Å²) in [5.74, 6) is 6.47. The van der Waals surface area contributed by atoms with E-state index in [4.69, 9.17) is 4.74 Å². The summed E-state index contributed by atoms with van der Waals surface area (Å²) in [7, 11) is 3.99. The monoisotopic (exact) mass is 828 g/mol. The third kappa shape index (κ3) is 12.2. The van der Waals surface area contributed by atoms with Crippen LogP contribution in [0.5, 0.6) is 0 Å². The molecule has 1 saturated heterocycles. The summed E-state index contributed by atoms with van der Waals surface area (Å²) >= 11 is 0. The van der Waals surface area contributed by atoms with Crippen molar-refractivity contribution in [2.75, 3.05) is 12.3 Å². The number of amides is 1. The lowest BCUT2D eigenvalue weighted by Gasteiger charge is -2.58. The van der Waals surface area contributed by atoms with Crippen molar-refractivity contribution in [1.29, 1.82) is 0 Å². The van der Waals surface area contributed by atoms with Crippen molar-refractivity contribution in [2.45, 2.75) is 214 Å². The quantitative estimate of drug-likeness (QED) is 0.0439. The molecule has 0 bridgehead atoms. The Balaban J connectivity index is 0.933. The summed E-state index contributed by atoms with van der Waals surface area (Å²) in [4.78, 5) is 51.4. The Hall–Kier alpha value is -1.28. The molecule has 0 aromatic carbocycles. The van der Waals surface area contributed by atoms with Crippen LogP contribution in [0.4, 0.5) is 0 Å². The number of rotatable bonds is 23. The number of ether oxygens (including phenoxy) is 1. The first-order chi connectivity index (χ1) is 27.3. The van der Waals surface area contributed by atoms with Gasteiger partial charge in [0, 0.05) is 55.6 Å². The molecule has 1 heterocycles. The van der Waals surface area contributed by atoms with Crippen LogP contribution in [-0.2, 0) is 23.9 Å². The molecule has 3 saturated carbocycles. The molecule has 5 aliphatic rings. The van der Waals surface area contributed by atoms with Crippen molar-refractivity contribution in [2.24, 2.45) is 46.3 Å². The van der Waals surface area contributed by atoms with Gasteiger partial charge in [-0.2, -0.15) is 0 Å². The Morgan fingerprint density at radius 1 is 0.842 bits per heavy atom. The zero-order valence-corrected chi connectivity index (χ0v) is 38.9. The highest BCUT2D eigenvalue weighted by molar-refractivity contribution is 8.76. The number of carbonyl (C=O) groups excluding carboxylic acids is 4. The lowest BCUT2D eigenvalue weighted by Crippen LogP contribution is -2.50. The molecule has 57 heavy (non-hydrogen) atoms. The molecule has 0 aromatic heterocycles. The van der Waals surface area contributed by atoms with E-state index in [9.17, 15) is 19.2 Å². The molecule has 1 amide bonds. The number of ketones is 2. The van der Waals surface area contributed by atoms with Crippen molar-refractivity contribution >= 4 is 45.0 Å². The molecule has 5 rings (SSSR count). The van der Waals surface area contributed by atoms with Crippen LogP contribution in [0.15, 0.2) is 11.6 Å². The Morgan fingerprint density at radius 3 is 2.35 bits per heavy atom. The molecular weight excluding hydrogens is 747 g/mol. The number of hydrogen-bond acceptors (Lipinski definition) is 7. The average Bonchev–Trinajstić information content (AvgIpc) is 3.77.